The van der Waals surface area contributed by atoms with Crippen molar-refractivity contribution in [1.82, 2.24) is 15.1 Å². The number of rotatable bonds is 6. The molecule has 2 rings (SSSR count). The van der Waals surface area contributed by atoms with Crippen molar-refractivity contribution in [3.05, 3.63) is 35.4 Å². The van der Waals surface area contributed by atoms with Crippen molar-refractivity contribution in [3.63, 3.8) is 0 Å². The van der Waals surface area contributed by atoms with E-state index in [0.717, 1.165) is 44.0 Å². The molecule has 0 saturated carbocycles. The van der Waals surface area contributed by atoms with Gasteiger partial charge in [-0.25, -0.2) is 0 Å². The molecule has 1 fully saturated rings. The fourth-order valence-electron chi connectivity index (χ4n) is 3.31. The molecule has 0 aliphatic carbocycles. The summed E-state index contributed by atoms with van der Waals surface area (Å²) in [6.07, 6.45) is 0. The van der Waals surface area contributed by atoms with Crippen LogP contribution in [0.15, 0.2) is 24.3 Å². The number of carbonyl (C=O) groups excluding carboxylic acids is 1. The number of hydrogen-bond acceptors (Lipinski definition) is 4. The Bertz CT molecular complexity index is 551. The van der Waals surface area contributed by atoms with Crippen molar-refractivity contribution in [2.24, 2.45) is 0 Å². The van der Waals surface area contributed by atoms with Gasteiger partial charge in [0, 0.05) is 25.2 Å². The normalized spacial score (nSPS) is 17.8. The Kier molecular flexibility index (Phi) is 6.38. The van der Waals surface area contributed by atoms with Gasteiger partial charge < -0.3 is 10.1 Å². The van der Waals surface area contributed by atoms with Gasteiger partial charge in [-0.15, -0.1) is 0 Å². The summed E-state index contributed by atoms with van der Waals surface area (Å²) in [7, 11) is 3.90. The SMILES string of the molecule is Cc1ccccc1[C@@H](C(=O)NC(C)(C)CN1CCOCC1)N(C)C. The number of aryl methyl sites for hydroxylation is 1. The molecule has 1 aromatic rings. The highest BCUT2D eigenvalue weighted by molar-refractivity contribution is 5.84. The second-order valence-corrected chi connectivity index (χ2v) is 7.48. The van der Waals surface area contributed by atoms with E-state index in [-0.39, 0.29) is 17.5 Å². The van der Waals surface area contributed by atoms with Crippen LogP contribution in [-0.2, 0) is 9.53 Å². The van der Waals surface area contributed by atoms with Crippen LogP contribution < -0.4 is 5.32 Å². The van der Waals surface area contributed by atoms with Crippen molar-refractivity contribution in [1.29, 1.82) is 0 Å². The third-order valence-electron chi connectivity index (χ3n) is 4.43. The summed E-state index contributed by atoms with van der Waals surface area (Å²) in [5.41, 5.74) is 1.91. The number of carbonyl (C=O) groups is 1. The van der Waals surface area contributed by atoms with Crippen molar-refractivity contribution >= 4 is 5.91 Å². The van der Waals surface area contributed by atoms with Crippen LogP contribution in [0, 0.1) is 6.92 Å². The van der Waals surface area contributed by atoms with E-state index in [4.69, 9.17) is 4.74 Å². The minimum atomic E-state index is -0.286. The number of nitrogens with one attached hydrogen (secondary N) is 1. The molecule has 1 aliphatic rings. The second-order valence-electron chi connectivity index (χ2n) is 7.48. The number of benzene rings is 1. The van der Waals surface area contributed by atoms with Gasteiger partial charge in [0.1, 0.15) is 6.04 Å². The average Bonchev–Trinajstić information content (AvgIpc) is 2.49. The van der Waals surface area contributed by atoms with E-state index in [9.17, 15) is 4.79 Å². The summed E-state index contributed by atoms with van der Waals surface area (Å²) in [5, 5.41) is 3.25. The van der Waals surface area contributed by atoms with E-state index < -0.39 is 0 Å². The molecule has 5 heteroatoms. The zero-order chi connectivity index (χ0) is 17.7. The molecule has 0 aromatic heterocycles. The number of likely N-dealkylation sites (N-methyl/N-ethyl adjacent to an activating group) is 1. The van der Waals surface area contributed by atoms with E-state index in [1.54, 1.807) is 0 Å². The summed E-state index contributed by atoms with van der Waals surface area (Å²) in [5.74, 6) is 0.0487. The Morgan fingerprint density at radius 3 is 2.50 bits per heavy atom. The van der Waals surface area contributed by atoms with Gasteiger partial charge >= 0.3 is 0 Å². The third-order valence-corrected chi connectivity index (χ3v) is 4.43. The van der Waals surface area contributed by atoms with Crippen LogP contribution in [0.25, 0.3) is 0 Å². The first kappa shape index (κ1) is 18.9. The minimum absolute atomic E-state index is 0.0487. The van der Waals surface area contributed by atoms with E-state index in [1.165, 1.54) is 0 Å². The molecule has 0 bridgehead atoms. The Balaban J connectivity index is 2.08. The summed E-state index contributed by atoms with van der Waals surface area (Å²) in [4.78, 5) is 17.3. The molecule has 1 aromatic carbocycles. The number of nitrogens with zero attached hydrogens (tertiary/aromatic N) is 2. The quantitative estimate of drug-likeness (QED) is 0.863. The fourth-order valence-corrected chi connectivity index (χ4v) is 3.31. The van der Waals surface area contributed by atoms with Gasteiger partial charge in [-0.1, -0.05) is 24.3 Å². The Morgan fingerprint density at radius 2 is 1.92 bits per heavy atom. The Morgan fingerprint density at radius 1 is 1.29 bits per heavy atom. The minimum Gasteiger partial charge on any atom is -0.379 e. The van der Waals surface area contributed by atoms with E-state index in [1.807, 2.05) is 37.2 Å². The highest BCUT2D eigenvalue weighted by Gasteiger charge is 2.30. The first-order valence-electron chi connectivity index (χ1n) is 8.64. The molecule has 0 unspecified atom stereocenters. The topological polar surface area (TPSA) is 44.8 Å². The van der Waals surface area contributed by atoms with Gasteiger partial charge in [0.25, 0.3) is 0 Å². The zero-order valence-electron chi connectivity index (χ0n) is 15.6. The lowest BCUT2D eigenvalue weighted by atomic mass is 9.97. The molecule has 1 saturated heterocycles. The summed E-state index contributed by atoms with van der Waals surface area (Å²) in [6.45, 7) is 10.5. The number of hydrogen-bond donors (Lipinski definition) is 1. The predicted octanol–water partition coefficient (Wildman–Crippen LogP) is 1.82. The standard InChI is InChI=1S/C19H31N3O2/c1-15-8-6-7-9-16(15)17(21(4)5)18(23)20-19(2,3)14-22-10-12-24-13-11-22/h6-9,17H,10-14H2,1-5H3,(H,20,23)/t17-/m0/s1. The Hall–Kier alpha value is -1.43. The lowest BCUT2D eigenvalue weighted by Gasteiger charge is -2.37. The average molecular weight is 333 g/mol. The van der Waals surface area contributed by atoms with Crippen molar-refractivity contribution in [2.75, 3.05) is 46.9 Å². The molecule has 0 radical (unpaired) electrons. The summed E-state index contributed by atoms with van der Waals surface area (Å²) >= 11 is 0. The number of ether oxygens (including phenoxy) is 1. The molecule has 1 amide bonds. The lowest BCUT2D eigenvalue weighted by molar-refractivity contribution is -0.127. The smallest absolute Gasteiger partial charge is 0.242 e. The highest BCUT2D eigenvalue weighted by Crippen LogP contribution is 2.23. The number of amides is 1. The molecule has 5 nitrogen and oxygen atoms in total. The van der Waals surface area contributed by atoms with Crippen LogP contribution >= 0.6 is 0 Å². The lowest BCUT2D eigenvalue weighted by Crippen LogP contribution is -2.55. The molecule has 24 heavy (non-hydrogen) atoms. The van der Waals surface area contributed by atoms with Crippen LogP contribution in [0.4, 0.5) is 0 Å². The number of morpholine rings is 1. The fraction of sp³-hybridized carbons (Fsp3) is 0.632. The molecule has 134 valence electrons. The van der Waals surface area contributed by atoms with Crippen molar-refractivity contribution in [3.8, 4) is 0 Å². The van der Waals surface area contributed by atoms with E-state index in [0.29, 0.717) is 0 Å². The Labute approximate surface area is 146 Å². The summed E-state index contributed by atoms with van der Waals surface area (Å²) in [6, 6.07) is 7.80. The van der Waals surface area contributed by atoms with Gasteiger partial charge in [-0.05, 0) is 46.0 Å². The molecule has 1 aliphatic heterocycles. The molecule has 1 atom stereocenters. The first-order chi connectivity index (χ1) is 11.3. The van der Waals surface area contributed by atoms with Crippen LogP contribution in [0.5, 0.6) is 0 Å². The van der Waals surface area contributed by atoms with Crippen molar-refractivity contribution in [2.45, 2.75) is 32.4 Å². The molecule has 1 N–H and O–H groups in total. The first-order valence-corrected chi connectivity index (χ1v) is 8.64. The predicted molar refractivity (Wildman–Crippen MR) is 97.1 cm³/mol. The van der Waals surface area contributed by atoms with Crippen molar-refractivity contribution < 1.29 is 9.53 Å². The monoisotopic (exact) mass is 333 g/mol. The second kappa shape index (κ2) is 8.10. The van der Waals surface area contributed by atoms with Gasteiger partial charge in [0.2, 0.25) is 5.91 Å². The molecular weight excluding hydrogens is 302 g/mol. The van der Waals surface area contributed by atoms with Gasteiger partial charge in [0.05, 0.1) is 13.2 Å². The van der Waals surface area contributed by atoms with Gasteiger partial charge in [-0.2, -0.15) is 0 Å². The van der Waals surface area contributed by atoms with Crippen LogP contribution in [0.3, 0.4) is 0 Å². The van der Waals surface area contributed by atoms with Crippen LogP contribution in [0.2, 0.25) is 0 Å². The third kappa shape index (κ3) is 5.03. The highest BCUT2D eigenvalue weighted by atomic mass is 16.5. The van der Waals surface area contributed by atoms with Crippen LogP contribution in [-0.4, -0.2) is 68.2 Å². The maximum Gasteiger partial charge on any atom is 0.242 e. The molecule has 1 heterocycles. The van der Waals surface area contributed by atoms with E-state index >= 15 is 0 Å². The summed E-state index contributed by atoms with van der Waals surface area (Å²) < 4.78 is 5.40. The maximum absolute atomic E-state index is 13.0. The zero-order valence-corrected chi connectivity index (χ0v) is 15.6. The van der Waals surface area contributed by atoms with Crippen LogP contribution in [0.1, 0.15) is 31.0 Å². The maximum atomic E-state index is 13.0. The van der Waals surface area contributed by atoms with E-state index in [2.05, 4.69) is 37.1 Å². The molecule has 0 spiro atoms. The van der Waals surface area contributed by atoms with Gasteiger partial charge in [-0.3, -0.25) is 14.6 Å². The van der Waals surface area contributed by atoms with Gasteiger partial charge in [0.15, 0.2) is 0 Å². The molecular formula is C19H31N3O2. The largest absolute Gasteiger partial charge is 0.379 e.